The Bertz CT molecular complexity index is 554. The number of hydrogen-bond donors (Lipinski definition) is 2. The fraction of sp³-hybridized carbons (Fsp3) is 0.0833. The summed E-state index contributed by atoms with van der Waals surface area (Å²) >= 11 is 0. The summed E-state index contributed by atoms with van der Waals surface area (Å²) in [5, 5.41) is 2.67. The third-order valence-corrected chi connectivity index (χ3v) is 2.29. The highest BCUT2D eigenvalue weighted by molar-refractivity contribution is 6.05. The van der Waals surface area contributed by atoms with Crippen LogP contribution in [0.1, 0.15) is 10.5 Å². The first-order valence-corrected chi connectivity index (χ1v) is 5.22. The zero-order chi connectivity index (χ0) is 13.0. The number of rotatable bonds is 3. The van der Waals surface area contributed by atoms with Crippen molar-refractivity contribution < 1.29 is 9.53 Å². The zero-order valence-electron chi connectivity index (χ0n) is 9.75. The van der Waals surface area contributed by atoms with Crippen molar-refractivity contribution >= 4 is 17.4 Å². The number of hydrogen-bond acceptors (Lipinski definition) is 5. The van der Waals surface area contributed by atoms with Crippen LogP contribution in [0.2, 0.25) is 0 Å². The predicted molar refractivity (Wildman–Crippen MR) is 67.4 cm³/mol. The number of methoxy groups -OCH3 is 1. The van der Waals surface area contributed by atoms with Crippen LogP contribution in [0, 0.1) is 0 Å². The van der Waals surface area contributed by atoms with E-state index in [2.05, 4.69) is 15.3 Å². The minimum atomic E-state index is -0.397. The first kappa shape index (κ1) is 11.8. The Labute approximate surface area is 104 Å². The van der Waals surface area contributed by atoms with Crippen molar-refractivity contribution in [2.24, 2.45) is 0 Å². The fourth-order valence-electron chi connectivity index (χ4n) is 1.39. The van der Waals surface area contributed by atoms with Gasteiger partial charge in [-0.25, -0.2) is 9.97 Å². The van der Waals surface area contributed by atoms with Crippen molar-refractivity contribution in [2.75, 3.05) is 18.2 Å². The van der Waals surface area contributed by atoms with Crippen LogP contribution in [0.15, 0.2) is 36.7 Å². The van der Waals surface area contributed by atoms with E-state index in [4.69, 9.17) is 10.5 Å². The SMILES string of the molecule is COc1ccc(NC(=O)c2nccnc2N)cc1. The van der Waals surface area contributed by atoms with Gasteiger partial charge in [-0.05, 0) is 24.3 Å². The predicted octanol–water partition coefficient (Wildman–Crippen LogP) is 1.32. The molecule has 0 aliphatic rings. The van der Waals surface area contributed by atoms with Crippen LogP contribution in [0.25, 0.3) is 0 Å². The average molecular weight is 244 g/mol. The molecule has 6 heteroatoms. The average Bonchev–Trinajstić information content (AvgIpc) is 2.40. The molecule has 0 fully saturated rings. The third kappa shape index (κ3) is 2.54. The highest BCUT2D eigenvalue weighted by Gasteiger charge is 2.11. The van der Waals surface area contributed by atoms with Gasteiger partial charge in [0.1, 0.15) is 5.75 Å². The minimum absolute atomic E-state index is 0.100. The lowest BCUT2D eigenvalue weighted by molar-refractivity contribution is 0.102. The Morgan fingerprint density at radius 3 is 2.50 bits per heavy atom. The van der Waals surface area contributed by atoms with Gasteiger partial charge < -0.3 is 15.8 Å². The lowest BCUT2D eigenvalue weighted by atomic mass is 10.3. The maximum atomic E-state index is 11.9. The second-order valence-electron chi connectivity index (χ2n) is 3.47. The van der Waals surface area contributed by atoms with E-state index in [1.807, 2.05) is 0 Å². The van der Waals surface area contributed by atoms with E-state index in [0.717, 1.165) is 0 Å². The van der Waals surface area contributed by atoms with Crippen LogP contribution in [0.3, 0.4) is 0 Å². The van der Waals surface area contributed by atoms with E-state index in [9.17, 15) is 4.79 Å². The first-order chi connectivity index (χ1) is 8.70. The van der Waals surface area contributed by atoms with Gasteiger partial charge in [0.05, 0.1) is 7.11 Å². The molecular formula is C12H12N4O2. The number of amides is 1. The normalized spacial score (nSPS) is 9.83. The number of carbonyl (C=O) groups is 1. The second kappa shape index (κ2) is 5.13. The molecule has 0 spiro atoms. The molecule has 1 aromatic carbocycles. The molecule has 1 aromatic heterocycles. The molecule has 0 aliphatic heterocycles. The number of carbonyl (C=O) groups excluding carboxylic acids is 1. The molecule has 0 aliphatic carbocycles. The lowest BCUT2D eigenvalue weighted by Crippen LogP contribution is -2.16. The number of aromatic nitrogens is 2. The van der Waals surface area contributed by atoms with Crippen LogP contribution in [-0.2, 0) is 0 Å². The smallest absolute Gasteiger partial charge is 0.278 e. The fourth-order valence-corrected chi connectivity index (χ4v) is 1.39. The molecule has 0 unspecified atom stereocenters. The van der Waals surface area contributed by atoms with E-state index >= 15 is 0 Å². The van der Waals surface area contributed by atoms with Gasteiger partial charge >= 0.3 is 0 Å². The highest BCUT2D eigenvalue weighted by atomic mass is 16.5. The molecule has 3 N–H and O–H groups in total. The van der Waals surface area contributed by atoms with Gasteiger partial charge in [0.25, 0.3) is 5.91 Å². The van der Waals surface area contributed by atoms with E-state index < -0.39 is 5.91 Å². The van der Waals surface area contributed by atoms with Crippen molar-refractivity contribution in [3.05, 3.63) is 42.4 Å². The third-order valence-electron chi connectivity index (χ3n) is 2.29. The van der Waals surface area contributed by atoms with Crippen LogP contribution in [-0.4, -0.2) is 23.0 Å². The van der Waals surface area contributed by atoms with Crippen molar-refractivity contribution in [3.8, 4) is 5.75 Å². The van der Waals surface area contributed by atoms with Gasteiger partial charge in [0, 0.05) is 18.1 Å². The largest absolute Gasteiger partial charge is 0.497 e. The van der Waals surface area contributed by atoms with Gasteiger partial charge in [-0.1, -0.05) is 0 Å². The summed E-state index contributed by atoms with van der Waals surface area (Å²) in [6.07, 6.45) is 2.85. The van der Waals surface area contributed by atoms with E-state index in [-0.39, 0.29) is 11.5 Å². The van der Waals surface area contributed by atoms with Gasteiger partial charge in [0.2, 0.25) is 0 Å². The zero-order valence-corrected chi connectivity index (χ0v) is 9.75. The number of nitrogens with two attached hydrogens (primary N) is 1. The number of nitrogens with one attached hydrogen (secondary N) is 1. The van der Waals surface area contributed by atoms with Gasteiger partial charge in [-0.15, -0.1) is 0 Å². The molecule has 1 amide bonds. The molecule has 2 aromatic rings. The monoisotopic (exact) mass is 244 g/mol. The Balaban J connectivity index is 2.14. The summed E-state index contributed by atoms with van der Waals surface area (Å²) in [6, 6.07) is 6.94. The standard InChI is InChI=1S/C12H12N4O2/c1-18-9-4-2-8(3-5-9)16-12(17)10-11(13)15-7-6-14-10/h2-7H,1H3,(H2,13,15)(H,16,17). The van der Waals surface area contributed by atoms with E-state index in [1.165, 1.54) is 12.4 Å². The highest BCUT2D eigenvalue weighted by Crippen LogP contribution is 2.16. The van der Waals surface area contributed by atoms with E-state index in [1.54, 1.807) is 31.4 Å². The molecule has 1 heterocycles. The molecule has 2 rings (SSSR count). The summed E-state index contributed by atoms with van der Waals surface area (Å²) in [5.74, 6) is 0.418. The molecule has 0 bridgehead atoms. The van der Waals surface area contributed by atoms with Crippen molar-refractivity contribution in [1.29, 1.82) is 0 Å². The maximum Gasteiger partial charge on any atom is 0.278 e. The number of nitrogens with zero attached hydrogens (tertiary/aromatic N) is 2. The van der Waals surface area contributed by atoms with Crippen LogP contribution in [0.4, 0.5) is 11.5 Å². The molecule has 0 atom stereocenters. The lowest BCUT2D eigenvalue weighted by Gasteiger charge is -2.06. The van der Waals surface area contributed by atoms with Crippen molar-refractivity contribution in [2.45, 2.75) is 0 Å². The van der Waals surface area contributed by atoms with Crippen LogP contribution >= 0.6 is 0 Å². The number of benzene rings is 1. The Morgan fingerprint density at radius 2 is 1.89 bits per heavy atom. The summed E-state index contributed by atoms with van der Waals surface area (Å²) in [5.41, 5.74) is 6.30. The summed E-state index contributed by atoms with van der Waals surface area (Å²) < 4.78 is 5.02. The summed E-state index contributed by atoms with van der Waals surface area (Å²) in [6.45, 7) is 0. The Kier molecular flexibility index (Phi) is 3.38. The quantitative estimate of drug-likeness (QED) is 0.849. The molecular weight excluding hydrogens is 232 g/mol. The molecule has 0 radical (unpaired) electrons. The topological polar surface area (TPSA) is 90.1 Å². The van der Waals surface area contributed by atoms with Crippen molar-refractivity contribution in [1.82, 2.24) is 9.97 Å². The minimum Gasteiger partial charge on any atom is -0.497 e. The summed E-state index contributed by atoms with van der Waals surface area (Å²) in [7, 11) is 1.58. The van der Waals surface area contributed by atoms with E-state index in [0.29, 0.717) is 11.4 Å². The molecule has 18 heavy (non-hydrogen) atoms. The van der Waals surface area contributed by atoms with Gasteiger partial charge in [-0.3, -0.25) is 4.79 Å². The van der Waals surface area contributed by atoms with Gasteiger partial charge in [-0.2, -0.15) is 0 Å². The maximum absolute atomic E-state index is 11.9. The number of anilines is 2. The molecule has 6 nitrogen and oxygen atoms in total. The first-order valence-electron chi connectivity index (χ1n) is 5.22. The van der Waals surface area contributed by atoms with Crippen LogP contribution in [0.5, 0.6) is 5.75 Å². The molecule has 92 valence electrons. The Hall–Kier alpha value is -2.63. The Morgan fingerprint density at radius 1 is 1.22 bits per heavy atom. The second-order valence-corrected chi connectivity index (χ2v) is 3.47. The molecule has 0 saturated heterocycles. The van der Waals surface area contributed by atoms with Gasteiger partial charge in [0.15, 0.2) is 11.5 Å². The molecule has 0 saturated carbocycles. The summed E-state index contributed by atoms with van der Waals surface area (Å²) in [4.78, 5) is 19.6. The van der Waals surface area contributed by atoms with Crippen molar-refractivity contribution in [3.63, 3.8) is 0 Å². The number of ether oxygens (including phenoxy) is 1. The number of nitrogen functional groups attached to an aromatic ring is 1. The van der Waals surface area contributed by atoms with Crippen LogP contribution < -0.4 is 15.8 Å².